The Balaban J connectivity index is 1.88. The molecule has 0 radical (unpaired) electrons. The Morgan fingerprint density at radius 1 is 1.38 bits per heavy atom. The van der Waals surface area contributed by atoms with Crippen molar-refractivity contribution >= 4 is 5.97 Å². The maximum Gasteiger partial charge on any atom is 0.334 e. The van der Waals surface area contributed by atoms with E-state index in [1.54, 1.807) is 0 Å². The quantitative estimate of drug-likeness (QED) is 0.419. The lowest BCUT2D eigenvalue weighted by molar-refractivity contribution is -0.139. The lowest BCUT2D eigenvalue weighted by Gasteiger charge is -2.33. The number of fused-ring (bicyclic) bond motifs is 3. The van der Waals surface area contributed by atoms with Crippen molar-refractivity contribution in [2.24, 2.45) is 5.92 Å². The van der Waals surface area contributed by atoms with Crippen LogP contribution in [0, 0.1) is 5.92 Å². The summed E-state index contributed by atoms with van der Waals surface area (Å²) in [4.78, 5) is 12.0. The van der Waals surface area contributed by atoms with Crippen molar-refractivity contribution in [1.29, 1.82) is 0 Å². The molecule has 0 spiro atoms. The minimum absolute atomic E-state index is 0.0135. The third-order valence-electron chi connectivity index (χ3n) is 5.85. The topological polar surface area (TPSA) is 55.8 Å². The molecule has 0 aromatic heterocycles. The molecule has 0 amide bonds. The van der Waals surface area contributed by atoms with Crippen molar-refractivity contribution in [1.82, 2.24) is 0 Å². The van der Waals surface area contributed by atoms with Crippen LogP contribution in [0.25, 0.3) is 0 Å². The molecule has 1 N–H and O–H groups in total. The van der Waals surface area contributed by atoms with Crippen molar-refractivity contribution in [3.05, 3.63) is 36.0 Å². The molecule has 0 saturated carbocycles. The fraction of sp³-hybridized carbons (Fsp3) is 0.650. The molecule has 2 bridgehead atoms. The Morgan fingerprint density at radius 3 is 2.88 bits per heavy atom. The van der Waals surface area contributed by atoms with Gasteiger partial charge in [-0.1, -0.05) is 24.8 Å². The van der Waals surface area contributed by atoms with Gasteiger partial charge in [0, 0.05) is 17.9 Å². The predicted molar refractivity (Wildman–Crippen MR) is 92.4 cm³/mol. The smallest absolute Gasteiger partial charge is 0.334 e. The van der Waals surface area contributed by atoms with Gasteiger partial charge in [-0.25, -0.2) is 4.79 Å². The fourth-order valence-corrected chi connectivity index (χ4v) is 4.10. The maximum absolute atomic E-state index is 12.0. The number of hydrogen-bond acceptors (Lipinski definition) is 4. The van der Waals surface area contributed by atoms with Gasteiger partial charge in [0.25, 0.3) is 0 Å². The standard InChI is InChI=1S/C20H28O4/c1-12-6-5-7-13(2)16-8-9-20(4,24-16)18(21)11-15-14(3)19(22)23-17(15)10-12/h6,15-18,21H,2-3,5,7-11H2,1,4H3/t15-,16+,17+,18+,20-/m1/s1. The minimum Gasteiger partial charge on any atom is -0.458 e. The molecular formula is C20H28O4. The number of hydrogen-bond donors (Lipinski definition) is 1. The Bertz CT molecular complexity index is 590. The van der Waals surface area contributed by atoms with Gasteiger partial charge in [-0.05, 0) is 51.5 Å². The second-order valence-electron chi connectivity index (χ2n) is 7.74. The number of carbonyl (C=O) groups excluding carboxylic acids is 1. The zero-order valence-electron chi connectivity index (χ0n) is 14.7. The second kappa shape index (κ2) is 6.49. The van der Waals surface area contributed by atoms with Crippen LogP contribution in [0.5, 0.6) is 0 Å². The lowest BCUT2D eigenvalue weighted by atomic mass is 9.82. The first-order valence-electron chi connectivity index (χ1n) is 8.89. The van der Waals surface area contributed by atoms with Crippen LogP contribution in [-0.2, 0) is 14.3 Å². The monoisotopic (exact) mass is 332 g/mol. The third-order valence-corrected chi connectivity index (χ3v) is 5.85. The number of esters is 1. The summed E-state index contributed by atoms with van der Waals surface area (Å²) in [5.74, 6) is -0.486. The predicted octanol–water partition coefficient (Wildman–Crippen LogP) is 3.46. The summed E-state index contributed by atoms with van der Waals surface area (Å²) < 4.78 is 11.7. The molecule has 0 aromatic carbocycles. The van der Waals surface area contributed by atoms with Crippen LogP contribution in [0.3, 0.4) is 0 Å². The number of allylic oxidation sites excluding steroid dienone is 1. The van der Waals surface area contributed by atoms with Gasteiger partial charge in [0.05, 0.1) is 17.8 Å². The minimum atomic E-state index is -0.654. The van der Waals surface area contributed by atoms with E-state index in [1.165, 1.54) is 5.57 Å². The van der Waals surface area contributed by atoms with E-state index >= 15 is 0 Å². The average Bonchev–Trinajstić information content (AvgIpc) is 3.04. The fourth-order valence-electron chi connectivity index (χ4n) is 4.10. The van der Waals surface area contributed by atoms with Crippen LogP contribution in [0.2, 0.25) is 0 Å². The van der Waals surface area contributed by atoms with Crippen LogP contribution in [0.15, 0.2) is 36.0 Å². The van der Waals surface area contributed by atoms with Gasteiger partial charge in [-0.15, -0.1) is 0 Å². The SMILES string of the molecule is C=C1CCC=C(C)C[C@@H]2OC(=O)C(=C)[C@H]2C[C@H](O)[C@@]2(C)CC[C@@H]1O2. The first-order valence-corrected chi connectivity index (χ1v) is 8.89. The summed E-state index contributed by atoms with van der Waals surface area (Å²) in [6, 6.07) is 0. The van der Waals surface area contributed by atoms with Crippen molar-refractivity contribution < 1.29 is 19.4 Å². The molecule has 5 atom stereocenters. The van der Waals surface area contributed by atoms with Gasteiger partial charge in [0.1, 0.15) is 6.10 Å². The van der Waals surface area contributed by atoms with E-state index in [9.17, 15) is 9.90 Å². The van der Waals surface area contributed by atoms with E-state index in [-0.39, 0.29) is 24.1 Å². The van der Waals surface area contributed by atoms with Gasteiger partial charge < -0.3 is 14.6 Å². The van der Waals surface area contributed by atoms with E-state index in [4.69, 9.17) is 9.47 Å². The van der Waals surface area contributed by atoms with E-state index in [1.807, 2.05) is 6.92 Å². The van der Waals surface area contributed by atoms with Gasteiger partial charge in [-0.3, -0.25) is 0 Å². The van der Waals surface area contributed by atoms with Gasteiger partial charge in [-0.2, -0.15) is 0 Å². The van der Waals surface area contributed by atoms with Crippen LogP contribution in [0.1, 0.15) is 52.4 Å². The zero-order chi connectivity index (χ0) is 17.5. The zero-order valence-corrected chi connectivity index (χ0v) is 14.7. The number of rotatable bonds is 0. The Morgan fingerprint density at radius 2 is 2.12 bits per heavy atom. The summed E-state index contributed by atoms with van der Waals surface area (Å²) >= 11 is 0. The molecule has 3 aliphatic heterocycles. The largest absolute Gasteiger partial charge is 0.458 e. The van der Waals surface area contributed by atoms with Gasteiger partial charge >= 0.3 is 5.97 Å². The highest BCUT2D eigenvalue weighted by molar-refractivity contribution is 5.90. The number of carbonyl (C=O) groups is 1. The highest BCUT2D eigenvalue weighted by Gasteiger charge is 2.47. The molecule has 3 aliphatic rings. The molecule has 2 saturated heterocycles. The van der Waals surface area contributed by atoms with Crippen LogP contribution in [-0.4, -0.2) is 35.0 Å². The molecule has 0 aliphatic carbocycles. The van der Waals surface area contributed by atoms with Crippen molar-refractivity contribution in [2.75, 3.05) is 0 Å². The Hall–Kier alpha value is -1.39. The van der Waals surface area contributed by atoms with E-state index in [2.05, 4.69) is 26.2 Å². The highest BCUT2D eigenvalue weighted by atomic mass is 16.6. The summed E-state index contributed by atoms with van der Waals surface area (Å²) in [7, 11) is 0. The second-order valence-corrected chi connectivity index (χ2v) is 7.74. The lowest BCUT2D eigenvalue weighted by Crippen LogP contribution is -2.41. The van der Waals surface area contributed by atoms with Crippen molar-refractivity contribution in [3.63, 3.8) is 0 Å². The van der Waals surface area contributed by atoms with E-state index in [0.29, 0.717) is 18.4 Å². The summed E-state index contributed by atoms with van der Waals surface area (Å²) in [5, 5.41) is 10.8. The molecule has 3 heterocycles. The highest BCUT2D eigenvalue weighted by Crippen LogP contribution is 2.42. The average molecular weight is 332 g/mol. The first-order chi connectivity index (χ1) is 11.3. The van der Waals surface area contributed by atoms with Crippen LogP contribution in [0.4, 0.5) is 0 Å². The molecule has 4 heteroatoms. The Labute approximate surface area is 144 Å². The Kier molecular flexibility index (Phi) is 4.71. The molecule has 4 nitrogen and oxygen atoms in total. The number of aliphatic hydroxyl groups excluding tert-OH is 1. The van der Waals surface area contributed by atoms with Crippen molar-refractivity contribution in [3.8, 4) is 0 Å². The number of ether oxygens (including phenoxy) is 2. The molecule has 3 rings (SSSR count). The molecule has 0 unspecified atom stereocenters. The molecule has 24 heavy (non-hydrogen) atoms. The van der Waals surface area contributed by atoms with Crippen LogP contribution < -0.4 is 0 Å². The van der Waals surface area contributed by atoms with E-state index < -0.39 is 11.7 Å². The third kappa shape index (κ3) is 3.22. The molecular weight excluding hydrogens is 304 g/mol. The van der Waals surface area contributed by atoms with Gasteiger partial charge in [0.2, 0.25) is 0 Å². The van der Waals surface area contributed by atoms with Crippen molar-refractivity contribution in [2.45, 2.75) is 76.3 Å². The summed E-state index contributed by atoms with van der Waals surface area (Å²) in [6.45, 7) is 12.1. The van der Waals surface area contributed by atoms with Gasteiger partial charge in [0.15, 0.2) is 0 Å². The van der Waals surface area contributed by atoms with E-state index in [0.717, 1.165) is 31.3 Å². The summed E-state index contributed by atoms with van der Waals surface area (Å²) in [5.41, 5.74) is 2.18. The number of aliphatic hydroxyl groups is 1. The van der Waals surface area contributed by atoms with Crippen LogP contribution >= 0.6 is 0 Å². The molecule has 0 aromatic rings. The molecule has 2 fully saturated rings. The normalized spacial score (nSPS) is 41.0. The first kappa shape index (κ1) is 17.4. The maximum atomic E-state index is 12.0. The molecule has 132 valence electrons. The summed E-state index contributed by atoms with van der Waals surface area (Å²) in [6.07, 6.45) is 5.93.